The minimum Gasteiger partial charge on any atom is -0.342 e. The van der Waals surface area contributed by atoms with Gasteiger partial charge in [0.2, 0.25) is 5.91 Å². The number of carbonyl (C=O) groups excluding carboxylic acids is 1. The number of benzene rings is 1. The van der Waals surface area contributed by atoms with Crippen LogP contribution in [-0.2, 0) is 4.79 Å². The van der Waals surface area contributed by atoms with Crippen molar-refractivity contribution in [3.63, 3.8) is 0 Å². The zero-order chi connectivity index (χ0) is 17.0. The van der Waals surface area contributed by atoms with Crippen LogP contribution in [-0.4, -0.2) is 34.2 Å². The fraction of sp³-hybridized carbons (Fsp3) is 0.368. The third-order valence-corrected chi connectivity index (χ3v) is 3.76. The molecule has 122 valence electrons. The topological polar surface area (TPSA) is 38.1 Å². The van der Waals surface area contributed by atoms with E-state index in [1.807, 2.05) is 62.0 Å². The first-order chi connectivity index (χ1) is 10.9. The molecular formula is C19H25N3O. The van der Waals surface area contributed by atoms with Crippen LogP contribution in [0.1, 0.15) is 30.8 Å². The molecule has 23 heavy (non-hydrogen) atoms. The molecule has 1 amide bonds. The number of hydrogen-bond donors (Lipinski definition) is 0. The van der Waals surface area contributed by atoms with Crippen molar-refractivity contribution in [3.8, 4) is 5.69 Å². The van der Waals surface area contributed by atoms with E-state index in [0.29, 0.717) is 5.92 Å². The molecule has 4 nitrogen and oxygen atoms in total. The third-order valence-electron chi connectivity index (χ3n) is 3.76. The Morgan fingerprint density at radius 2 is 1.91 bits per heavy atom. The highest BCUT2D eigenvalue weighted by molar-refractivity contribution is 5.91. The normalized spacial score (nSPS) is 11.4. The van der Waals surface area contributed by atoms with Crippen molar-refractivity contribution in [1.82, 2.24) is 14.7 Å². The molecule has 4 heteroatoms. The summed E-state index contributed by atoms with van der Waals surface area (Å²) in [5, 5.41) is 4.59. The molecule has 0 aliphatic heterocycles. The SMILES string of the molecule is Cc1nn(-c2ccccc2)c(C)c1/C=C/C(=O)N(C)CC(C)C. The highest BCUT2D eigenvalue weighted by Gasteiger charge is 2.12. The second-order valence-electron chi connectivity index (χ2n) is 6.28. The van der Waals surface area contributed by atoms with Gasteiger partial charge in [-0.25, -0.2) is 4.68 Å². The quantitative estimate of drug-likeness (QED) is 0.791. The number of aryl methyl sites for hydroxylation is 1. The summed E-state index contributed by atoms with van der Waals surface area (Å²) in [6.45, 7) is 8.95. The summed E-state index contributed by atoms with van der Waals surface area (Å²) in [4.78, 5) is 13.9. The fourth-order valence-corrected chi connectivity index (χ4v) is 2.64. The van der Waals surface area contributed by atoms with Crippen molar-refractivity contribution in [1.29, 1.82) is 0 Å². The Kier molecular flexibility index (Phi) is 5.37. The van der Waals surface area contributed by atoms with Crippen LogP contribution < -0.4 is 0 Å². The van der Waals surface area contributed by atoms with Gasteiger partial charge in [0.25, 0.3) is 0 Å². The highest BCUT2D eigenvalue weighted by Crippen LogP contribution is 2.19. The van der Waals surface area contributed by atoms with Crippen LogP contribution in [0.4, 0.5) is 0 Å². The first kappa shape index (κ1) is 17.0. The Morgan fingerprint density at radius 3 is 2.52 bits per heavy atom. The summed E-state index contributed by atoms with van der Waals surface area (Å²) in [6, 6.07) is 10.0. The maximum absolute atomic E-state index is 12.2. The molecule has 0 aliphatic rings. The number of para-hydroxylation sites is 1. The van der Waals surface area contributed by atoms with Gasteiger partial charge >= 0.3 is 0 Å². The molecule has 1 aromatic heterocycles. The lowest BCUT2D eigenvalue weighted by molar-refractivity contribution is -0.125. The summed E-state index contributed by atoms with van der Waals surface area (Å²) in [6.07, 6.45) is 3.50. The maximum atomic E-state index is 12.2. The van der Waals surface area contributed by atoms with Crippen molar-refractivity contribution in [3.05, 3.63) is 53.4 Å². The van der Waals surface area contributed by atoms with Gasteiger partial charge in [0, 0.05) is 30.9 Å². The molecule has 2 aromatic rings. The Morgan fingerprint density at radius 1 is 1.26 bits per heavy atom. The molecule has 0 atom stereocenters. The zero-order valence-corrected chi connectivity index (χ0v) is 14.6. The minimum atomic E-state index is 0.0185. The van der Waals surface area contributed by atoms with E-state index < -0.39 is 0 Å². The van der Waals surface area contributed by atoms with Crippen LogP contribution in [0.25, 0.3) is 11.8 Å². The molecule has 0 aliphatic carbocycles. The third kappa shape index (κ3) is 4.09. The van der Waals surface area contributed by atoms with Gasteiger partial charge in [-0.3, -0.25) is 4.79 Å². The Balaban J connectivity index is 2.23. The number of carbonyl (C=O) groups is 1. The van der Waals surface area contributed by atoms with Gasteiger partial charge in [0.05, 0.1) is 11.4 Å². The molecule has 0 radical (unpaired) electrons. The van der Waals surface area contributed by atoms with Gasteiger partial charge in [-0.2, -0.15) is 5.10 Å². The van der Waals surface area contributed by atoms with E-state index in [-0.39, 0.29) is 5.91 Å². The fourth-order valence-electron chi connectivity index (χ4n) is 2.64. The molecule has 0 unspecified atom stereocenters. The lowest BCUT2D eigenvalue weighted by atomic mass is 10.1. The second kappa shape index (κ2) is 7.27. The largest absolute Gasteiger partial charge is 0.342 e. The molecule has 0 bridgehead atoms. The van der Waals surface area contributed by atoms with E-state index in [1.54, 1.807) is 11.0 Å². The summed E-state index contributed by atoms with van der Waals surface area (Å²) < 4.78 is 1.91. The molecule has 0 saturated carbocycles. The minimum absolute atomic E-state index is 0.0185. The summed E-state index contributed by atoms with van der Waals surface area (Å²) >= 11 is 0. The Bertz CT molecular complexity index is 699. The van der Waals surface area contributed by atoms with Gasteiger partial charge in [-0.15, -0.1) is 0 Å². The lowest BCUT2D eigenvalue weighted by Crippen LogP contribution is -2.28. The van der Waals surface area contributed by atoms with Gasteiger partial charge < -0.3 is 4.90 Å². The van der Waals surface area contributed by atoms with Crippen molar-refractivity contribution >= 4 is 12.0 Å². The number of hydrogen-bond acceptors (Lipinski definition) is 2. The van der Waals surface area contributed by atoms with Crippen LogP contribution in [0.2, 0.25) is 0 Å². The molecular weight excluding hydrogens is 286 g/mol. The van der Waals surface area contributed by atoms with Crippen molar-refractivity contribution in [2.45, 2.75) is 27.7 Å². The van der Waals surface area contributed by atoms with Crippen molar-refractivity contribution < 1.29 is 4.79 Å². The highest BCUT2D eigenvalue weighted by atomic mass is 16.2. The predicted molar refractivity (Wildman–Crippen MR) is 94.5 cm³/mol. The van der Waals surface area contributed by atoms with Crippen molar-refractivity contribution in [2.75, 3.05) is 13.6 Å². The van der Waals surface area contributed by atoms with Crippen LogP contribution >= 0.6 is 0 Å². The monoisotopic (exact) mass is 311 g/mol. The van der Waals surface area contributed by atoms with E-state index in [9.17, 15) is 4.79 Å². The zero-order valence-electron chi connectivity index (χ0n) is 14.6. The van der Waals surface area contributed by atoms with Gasteiger partial charge in [-0.1, -0.05) is 32.0 Å². The Hall–Kier alpha value is -2.36. The molecule has 0 fully saturated rings. The number of nitrogens with zero attached hydrogens (tertiary/aromatic N) is 3. The average molecular weight is 311 g/mol. The first-order valence-corrected chi connectivity index (χ1v) is 7.95. The van der Waals surface area contributed by atoms with Crippen LogP contribution in [0.15, 0.2) is 36.4 Å². The van der Waals surface area contributed by atoms with E-state index >= 15 is 0 Å². The lowest BCUT2D eigenvalue weighted by Gasteiger charge is -2.17. The molecule has 0 N–H and O–H groups in total. The van der Waals surface area contributed by atoms with E-state index in [2.05, 4.69) is 18.9 Å². The number of amides is 1. The van der Waals surface area contributed by atoms with Crippen molar-refractivity contribution in [2.24, 2.45) is 5.92 Å². The van der Waals surface area contributed by atoms with Gasteiger partial charge in [-0.05, 0) is 38.0 Å². The van der Waals surface area contributed by atoms with Crippen LogP contribution in [0.5, 0.6) is 0 Å². The van der Waals surface area contributed by atoms with E-state index in [4.69, 9.17) is 0 Å². The Labute approximate surface area is 138 Å². The summed E-state index contributed by atoms with van der Waals surface area (Å²) in [5.41, 5.74) is 3.97. The van der Waals surface area contributed by atoms with E-state index in [0.717, 1.165) is 29.2 Å². The summed E-state index contributed by atoms with van der Waals surface area (Å²) in [5.74, 6) is 0.478. The molecule has 0 saturated heterocycles. The molecule has 2 rings (SSSR count). The van der Waals surface area contributed by atoms with Crippen LogP contribution in [0, 0.1) is 19.8 Å². The number of rotatable bonds is 5. The average Bonchev–Trinajstić information content (AvgIpc) is 2.80. The molecule has 0 spiro atoms. The maximum Gasteiger partial charge on any atom is 0.246 e. The smallest absolute Gasteiger partial charge is 0.246 e. The van der Waals surface area contributed by atoms with Crippen LogP contribution in [0.3, 0.4) is 0 Å². The van der Waals surface area contributed by atoms with Gasteiger partial charge in [0.15, 0.2) is 0 Å². The second-order valence-corrected chi connectivity index (χ2v) is 6.28. The molecule has 1 heterocycles. The standard InChI is InChI=1S/C19H25N3O/c1-14(2)13-21(5)19(23)12-11-18-15(3)20-22(16(18)4)17-9-7-6-8-10-17/h6-12,14H,13H2,1-5H3/b12-11+. The predicted octanol–water partition coefficient (Wildman–Crippen LogP) is 3.62. The first-order valence-electron chi connectivity index (χ1n) is 7.95. The number of likely N-dealkylation sites (N-methyl/N-ethyl adjacent to an activating group) is 1. The summed E-state index contributed by atoms with van der Waals surface area (Å²) in [7, 11) is 1.83. The number of aromatic nitrogens is 2. The molecule has 1 aromatic carbocycles. The van der Waals surface area contributed by atoms with E-state index in [1.165, 1.54) is 0 Å². The van der Waals surface area contributed by atoms with Gasteiger partial charge in [0.1, 0.15) is 0 Å².